The predicted molar refractivity (Wildman–Crippen MR) is 70.0 cm³/mol. The summed E-state index contributed by atoms with van der Waals surface area (Å²) in [5.41, 5.74) is 0. The molecule has 0 spiro atoms. The number of carbonyl (C=O) groups is 3. The monoisotopic (exact) mass is 382 g/mol. The van der Waals surface area contributed by atoms with Crippen LogP contribution >= 0.6 is 0 Å². The number of rotatable bonds is 8. The van der Waals surface area contributed by atoms with Crippen molar-refractivity contribution in [2.24, 2.45) is 0 Å². The van der Waals surface area contributed by atoms with E-state index in [0.29, 0.717) is 10.9 Å². The van der Waals surface area contributed by atoms with E-state index in [1.54, 1.807) is 0 Å². The molecule has 0 amide bonds. The van der Waals surface area contributed by atoms with Gasteiger partial charge in [-0.3, -0.25) is 0 Å². The van der Waals surface area contributed by atoms with Crippen molar-refractivity contribution in [3.8, 4) is 0 Å². The van der Waals surface area contributed by atoms with Crippen LogP contribution in [0.1, 0.15) is 53.4 Å². The minimum atomic E-state index is -4.43. The van der Waals surface area contributed by atoms with E-state index >= 15 is 0 Å². The van der Waals surface area contributed by atoms with Crippen LogP contribution in [0.4, 0.5) is 0 Å². The van der Waals surface area contributed by atoms with E-state index in [1.807, 2.05) is 0 Å². The molecule has 0 aliphatic carbocycles. The van der Waals surface area contributed by atoms with E-state index < -0.39 is 37.5 Å². The van der Waals surface area contributed by atoms with Gasteiger partial charge in [0.15, 0.2) is 0 Å². The van der Waals surface area contributed by atoms with Crippen LogP contribution in [-0.4, -0.2) is 37.5 Å². The fourth-order valence-corrected chi connectivity index (χ4v) is 8.57. The van der Waals surface area contributed by atoms with E-state index in [-0.39, 0.29) is 0 Å². The topological polar surface area (TPSA) is 78.9 Å². The Hall–Kier alpha value is -0.791. The van der Waals surface area contributed by atoms with Crippen LogP contribution in [0.5, 0.6) is 0 Å². The Labute approximate surface area is 119 Å². The molecule has 0 aromatic heterocycles. The molecule has 0 aromatic rings. The predicted octanol–water partition coefficient (Wildman–Crippen LogP) is 2.19. The van der Waals surface area contributed by atoms with E-state index in [2.05, 4.69) is 6.92 Å². The second-order valence-electron chi connectivity index (χ2n) is 4.27. The Bertz CT molecular complexity index is 287. The standard InChI is InChI=1S/C6H13.3C2H4O2.Sn/c1-3-5-6-4-2;3*1-2(3)4;/h1,3-6H2,2H3;3*1H3,(H,3,4);/q;;;;+3/p-3. The van der Waals surface area contributed by atoms with Crippen LogP contribution in [0.15, 0.2) is 0 Å². The maximum atomic E-state index is 11.2. The Kier molecular flexibility index (Phi) is 8.78. The van der Waals surface area contributed by atoms with Gasteiger partial charge < -0.3 is 0 Å². The SMILES string of the molecule is CCCCC[CH2][Sn]([O]C(C)=O)([O]C(C)=O)[O]C(C)=O. The molecule has 0 saturated carbocycles. The summed E-state index contributed by atoms with van der Waals surface area (Å²) < 4.78 is 15.7. The second kappa shape index (κ2) is 9.17. The van der Waals surface area contributed by atoms with Crippen LogP contribution in [-0.2, 0) is 23.6 Å². The van der Waals surface area contributed by atoms with Gasteiger partial charge in [0.1, 0.15) is 0 Å². The molecule has 0 N–H and O–H groups in total. The van der Waals surface area contributed by atoms with Gasteiger partial charge in [0, 0.05) is 0 Å². The van der Waals surface area contributed by atoms with Crippen LogP contribution in [0.2, 0.25) is 4.44 Å². The molecule has 0 aliphatic heterocycles. The van der Waals surface area contributed by atoms with E-state index in [9.17, 15) is 14.4 Å². The third-order valence-corrected chi connectivity index (χ3v) is 10.1. The van der Waals surface area contributed by atoms with E-state index in [1.165, 1.54) is 20.8 Å². The summed E-state index contributed by atoms with van der Waals surface area (Å²) in [5.74, 6) is -1.77. The van der Waals surface area contributed by atoms with Crippen molar-refractivity contribution >= 4 is 37.5 Å². The van der Waals surface area contributed by atoms with Crippen molar-refractivity contribution in [1.29, 1.82) is 0 Å². The fraction of sp³-hybridized carbons (Fsp3) is 0.750. The molecule has 110 valence electrons. The molecule has 0 unspecified atom stereocenters. The van der Waals surface area contributed by atoms with Crippen molar-refractivity contribution in [3.05, 3.63) is 0 Å². The Balaban J connectivity index is 4.82. The first-order chi connectivity index (χ1) is 8.81. The average molecular weight is 381 g/mol. The van der Waals surface area contributed by atoms with Gasteiger partial charge in [0.25, 0.3) is 0 Å². The molecule has 7 heteroatoms. The third kappa shape index (κ3) is 8.85. The van der Waals surface area contributed by atoms with Gasteiger partial charge in [0.2, 0.25) is 0 Å². The van der Waals surface area contributed by atoms with Crippen LogP contribution in [0.3, 0.4) is 0 Å². The van der Waals surface area contributed by atoms with E-state index in [4.69, 9.17) is 9.22 Å². The summed E-state index contributed by atoms with van der Waals surface area (Å²) in [6.45, 7) is 5.71. The second-order valence-corrected chi connectivity index (χ2v) is 11.3. The normalized spacial score (nSPS) is 10.7. The maximum absolute atomic E-state index is 11.2. The fourth-order valence-electron chi connectivity index (χ4n) is 1.64. The van der Waals surface area contributed by atoms with Crippen molar-refractivity contribution in [3.63, 3.8) is 0 Å². The molecule has 0 atom stereocenters. The summed E-state index contributed by atoms with van der Waals surface area (Å²) in [5, 5.41) is 0. The van der Waals surface area contributed by atoms with Gasteiger partial charge in [-0.25, -0.2) is 0 Å². The van der Waals surface area contributed by atoms with Gasteiger partial charge in [-0.1, -0.05) is 0 Å². The molecule has 0 rings (SSSR count). The molecule has 0 aromatic carbocycles. The molecule has 6 nitrogen and oxygen atoms in total. The summed E-state index contributed by atoms with van der Waals surface area (Å²) in [6.07, 6.45) is 3.70. The Morgan fingerprint density at radius 2 is 1.21 bits per heavy atom. The number of hydrogen-bond donors (Lipinski definition) is 0. The van der Waals surface area contributed by atoms with Crippen molar-refractivity contribution in [1.82, 2.24) is 0 Å². The van der Waals surface area contributed by atoms with E-state index in [0.717, 1.165) is 19.3 Å². The van der Waals surface area contributed by atoms with Crippen LogP contribution in [0.25, 0.3) is 0 Å². The van der Waals surface area contributed by atoms with Crippen molar-refractivity contribution in [2.75, 3.05) is 0 Å². The minimum absolute atomic E-state index is 0.341. The molecule has 0 fully saturated rings. The molecule has 0 bridgehead atoms. The first kappa shape index (κ1) is 18.2. The Morgan fingerprint density at radius 3 is 1.53 bits per heavy atom. The van der Waals surface area contributed by atoms with Crippen molar-refractivity contribution < 1.29 is 23.6 Å². The Morgan fingerprint density at radius 1 is 0.789 bits per heavy atom. The first-order valence-electron chi connectivity index (χ1n) is 6.40. The van der Waals surface area contributed by atoms with Crippen LogP contribution in [0, 0.1) is 0 Å². The van der Waals surface area contributed by atoms with Gasteiger partial charge >= 0.3 is 119 Å². The van der Waals surface area contributed by atoms with Gasteiger partial charge in [-0.05, 0) is 0 Å². The average Bonchev–Trinajstić information content (AvgIpc) is 2.21. The molecular formula is C12H22O6Sn. The van der Waals surface area contributed by atoms with Gasteiger partial charge in [-0.2, -0.15) is 0 Å². The molecule has 0 heterocycles. The summed E-state index contributed by atoms with van der Waals surface area (Å²) in [7, 11) is 0. The molecule has 0 aliphatic rings. The summed E-state index contributed by atoms with van der Waals surface area (Å²) in [4.78, 5) is 33.5. The van der Waals surface area contributed by atoms with Crippen molar-refractivity contribution in [2.45, 2.75) is 57.8 Å². The first-order valence-corrected chi connectivity index (χ1v) is 11.9. The molecule has 19 heavy (non-hydrogen) atoms. The number of unbranched alkanes of at least 4 members (excludes halogenated alkanes) is 3. The zero-order valence-electron chi connectivity index (χ0n) is 12.0. The quantitative estimate of drug-likeness (QED) is 0.474. The molecule has 0 saturated heterocycles. The zero-order valence-corrected chi connectivity index (χ0v) is 14.8. The molecule has 0 radical (unpaired) electrons. The summed E-state index contributed by atoms with van der Waals surface area (Å²) in [6, 6.07) is 0. The number of carbonyl (C=O) groups excluding carboxylic acids is 3. The third-order valence-electron chi connectivity index (χ3n) is 2.23. The number of hydrogen-bond acceptors (Lipinski definition) is 6. The summed E-state index contributed by atoms with van der Waals surface area (Å²) >= 11 is -4.43. The molecular weight excluding hydrogens is 359 g/mol. The zero-order chi connectivity index (χ0) is 14.9. The van der Waals surface area contributed by atoms with Gasteiger partial charge in [-0.15, -0.1) is 0 Å². The van der Waals surface area contributed by atoms with Crippen LogP contribution < -0.4 is 0 Å². The van der Waals surface area contributed by atoms with Gasteiger partial charge in [0.05, 0.1) is 0 Å².